The van der Waals surface area contributed by atoms with E-state index in [0.29, 0.717) is 17.4 Å². The first-order chi connectivity index (χ1) is 11.4. The summed E-state index contributed by atoms with van der Waals surface area (Å²) in [5.41, 5.74) is 2.30. The van der Waals surface area contributed by atoms with E-state index in [4.69, 9.17) is 4.74 Å². The molecule has 0 aromatic carbocycles. The Morgan fingerprint density at radius 3 is 2.75 bits per heavy atom. The highest BCUT2D eigenvalue weighted by atomic mass is 32.2. The van der Waals surface area contributed by atoms with Crippen LogP contribution in [-0.4, -0.2) is 45.7 Å². The van der Waals surface area contributed by atoms with Gasteiger partial charge in [-0.15, -0.1) is 11.8 Å². The number of hydrogen-bond donors (Lipinski definition) is 1. The Balaban J connectivity index is 2.48. The highest BCUT2D eigenvalue weighted by Gasteiger charge is 2.22. The summed E-state index contributed by atoms with van der Waals surface area (Å²) >= 11 is 1.67. The van der Waals surface area contributed by atoms with Gasteiger partial charge in [-0.25, -0.2) is 4.98 Å². The average molecular weight is 350 g/mol. The van der Waals surface area contributed by atoms with Crippen LogP contribution >= 0.6 is 11.8 Å². The Morgan fingerprint density at radius 1 is 1.46 bits per heavy atom. The lowest BCUT2D eigenvalue weighted by molar-refractivity contribution is 0.0891. The fraction of sp³-hybridized carbons (Fsp3) is 0.588. The maximum Gasteiger partial charge on any atom is 0.254 e. The molecule has 0 bridgehead atoms. The third kappa shape index (κ3) is 3.89. The van der Waals surface area contributed by atoms with Crippen LogP contribution in [0.2, 0.25) is 0 Å². The molecule has 2 rings (SSSR count). The standard InChI is InChI=1S/C17H26N4O2S/c1-7-12(9-23-6)19-17(22)13-8-18-16-14(11(4)20-21(16)5)15(13)24-10(2)3/h8,10,12H,7,9H2,1-6H3,(H,19,22). The van der Waals surface area contributed by atoms with E-state index >= 15 is 0 Å². The number of amides is 1. The number of aromatic nitrogens is 3. The second-order valence-corrected chi connectivity index (χ2v) is 7.70. The molecule has 2 heterocycles. The maximum atomic E-state index is 12.8. The van der Waals surface area contributed by atoms with Crippen LogP contribution in [0.1, 0.15) is 43.2 Å². The van der Waals surface area contributed by atoms with Crippen molar-refractivity contribution in [3.05, 3.63) is 17.5 Å². The number of methoxy groups -OCH3 is 1. The molecule has 1 N–H and O–H groups in total. The van der Waals surface area contributed by atoms with Gasteiger partial charge in [0.05, 0.1) is 29.3 Å². The summed E-state index contributed by atoms with van der Waals surface area (Å²) in [6, 6.07) is -0.00917. The lowest BCUT2D eigenvalue weighted by Crippen LogP contribution is -2.37. The van der Waals surface area contributed by atoms with Crippen LogP contribution in [0, 0.1) is 6.92 Å². The lowest BCUT2D eigenvalue weighted by Gasteiger charge is -2.18. The van der Waals surface area contributed by atoms with Crippen molar-refractivity contribution in [1.82, 2.24) is 20.1 Å². The van der Waals surface area contributed by atoms with Gasteiger partial charge in [0.2, 0.25) is 0 Å². The molecule has 0 aliphatic carbocycles. The molecular formula is C17H26N4O2S. The molecule has 2 aromatic heterocycles. The molecule has 6 nitrogen and oxygen atoms in total. The number of fused-ring (bicyclic) bond motifs is 1. The van der Waals surface area contributed by atoms with Gasteiger partial charge < -0.3 is 10.1 Å². The Kier molecular flexibility index (Phi) is 6.23. The topological polar surface area (TPSA) is 69.0 Å². The molecule has 132 valence electrons. The van der Waals surface area contributed by atoms with Gasteiger partial charge >= 0.3 is 0 Å². The van der Waals surface area contributed by atoms with Crippen molar-refractivity contribution < 1.29 is 9.53 Å². The van der Waals surface area contributed by atoms with Crippen LogP contribution in [0.15, 0.2) is 11.1 Å². The van der Waals surface area contributed by atoms with Crippen LogP contribution in [0.25, 0.3) is 11.0 Å². The van der Waals surface area contributed by atoms with Crippen LogP contribution < -0.4 is 5.32 Å². The van der Waals surface area contributed by atoms with Crippen LogP contribution in [0.4, 0.5) is 0 Å². The van der Waals surface area contributed by atoms with E-state index in [0.717, 1.165) is 28.0 Å². The number of nitrogens with one attached hydrogen (secondary N) is 1. The van der Waals surface area contributed by atoms with Crippen LogP contribution in [0.3, 0.4) is 0 Å². The molecule has 1 atom stereocenters. The van der Waals surface area contributed by atoms with Gasteiger partial charge in [-0.05, 0) is 13.3 Å². The van der Waals surface area contributed by atoms with E-state index in [9.17, 15) is 4.79 Å². The van der Waals surface area contributed by atoms with Gasteiger partial charge in [0.15, 0.2) is 5.65 Å². The molecule has 0 aliphatic rings. The summed E-state index contributed by atoms with van der Waals surface area (Å²) in [5, 5.41) is 8.81. The quantitative estimate of drug-likeness (QED) is 0.778. The third-order valence-corrected chi connectivity index (χ3v) is 4.90. The molecule has 1 unspecified atom stereocenters. The number of pyridine rings is 1. The van der Waals surface area contributed by atoms with Crippen molar-refractivity contribution in [3.63, 3.8) is 0 Å². The van der Waals surface area contributed by atoms with Crippen molar-refractivity contribution in [2.45, 2.75) is 50.3 Å². The summed E-state index contributed by atoms with van der Waals surface area (Å²) < 4.78 is 6.93. The molecule has 0 fully saturated rings. The lowest BCUT2D eigenvalue weighted by atomic mass is 10.1. The highest BCUT2D eigenvalue weighted by Crippen LogP contribution is 2.34. The summed E-state index contributed by atoms with van der Waals surface area (Å²) in [6.07, 6.45) is 2.47. The Bertz CT molecular complexity index is 727. The minimum atomic E-state index is -0.111. The number of nitrogens with zero attached hydrogens (tertiary/aromatic N) is 3. The Hall–Kier alpha value is -1.60. The van der Waals surface area contributed by atoms with Gasteiger partial charge in [-0.1, -0.05) is 20.8 Å². The monoisotopic (exact) mass is 350 g/mol. The first-order valence-corrected chi connectivity index (χ1v) is 9.05. The van der Waals surface area contributed by atoms with Crippen molar-refractivity contribution in [2.75, 3.05) is 13.7 Å². The number of hydrogen-bond acceptors (Lipinski definition) is 5. The van der Waals surface area contributed by atoms with Gasteiger partial charge in [-0.3, -0.25) is 9.48 Å². The zero-order valence-corrected chi connectivity index (χ0v) is 16.0. The molecule has 2 aromatic rings. The van der Waals surface area contributed by atoms with Crippen LogP contribution in [-0.2, 0) is 11.8 Å². The number of rotatable bonds is 7. The van der Waals surface area contributed by atoms with Crippen molar-refractivity contribution in [1.29, 1.82) is 0 Å². The molecule has 0 saturated carbocycles. The number of thioether (sulfide) groups is 1. The zero-order valence-electron chi connectivity index (χ0n) is 15.2. The van der Waals surface area contributed by atoms with E-state index in [1.54, 1.807) is 29.8 Å². The molecule has 1 amide bonds. The molecule has 0 spiro atoms. The number of carbonyl (C=O) groups is 1. The molecule has 0 aliphatic heterocycles. The van der Waals surface area contributed by atoms with Crippen LogP contribution in [0.5, 0.6) is 0 Å². The normalized spacial score (nSPS) is 12.8. The first kappa shape index (κ1) is 18.7. The number of aryl methyl sites for hydroxylation is 2. The van der Waals surface area contributed by atoms with Crippen molar-refractivity contribution in [3.8, 4) is 0 Å². The summed E-state index contributed by atoms with van der Waals surface area (Å²) in [5.74, 6) is -0.111. The molecule has 7 heteroatoms. The summed E-state index contributed by atoms with van der Waals surface area (Å²) in [4.78, 5) is 18.2. The minimum absolute atomic E-state index is 0.00917. The molecule has 24 heavy (non-hydrogen) atoms. The van der Waals surface area contributed by atoms with Gasteiger partial charge in [0.1, 0.15) is 0 Å². The second kappa shape index (κ2) is 7.98. The summed E-state index contributed by atoms with van der Waals surface area (Å²) in [6.45, 7) is 8.71. The molecular weight excluding hydrogens is 324 g/mol. The third-order valence-electron chi connectivity index (χ3n) is 3.77. The fourth-order valence-corrected chi connectivity index (χ4v) is 3.73. The predicted octanol–water partition coefficient (Wildman–Crippen LogP) is 2.93. The van der Waals surface area contributed by atoms with Gasteiger partial charge in [0, 0.05) is 30.5 Å². The Labute approximate surface area is 147 Å². The SMILES string of the molecule is CCC(COC)NC(=O)c1cnc2c(c(C)nn2C)c1SC(C)C. The second-order valence-electron chi connectivity index (χ2n) is 6.11. The largest absolute Gasteiger partial charge is 0.383 e. The summed E-state index contributed by atoms with van der Waals surface area (Å²) in [7, 11) is 3.51. The van der Waals surface area contributed by atoms with E-state index in [1.165, 1.54) is 0 Å². The van der Waals surface area contributed by atoms with E-state index < -0.39 is 0 Å². The van der Waals surface area contributed by atoms with E-state index in [1.807, 2.05) is 20.9 Å². The number of ether oxygens (including phenoxy) is 1. The predicted molar refractivity (Wildman–Crippen MR) is 97.7 cm³/mol. The molecule has 0 saturated heterocycles. The van der Waals surface area contributed by atoms with Gasteiger partial charge in [0.25, 0.3) is 5.91 Å². The fourth-order valence-electron chi connectivity index (χ4n) is 2.62. The smallest absolute Gasteiger partial charge is 0.254 e. The zero-order chi connectivity index (χ0) is 17.9. The Morgan fingerprint density at radius 2 is 2.17 bits per heavy atom. The average Bonchev–Trinajstić information content (AvgIpc) is 2.81. The van der Waals surface area contributed by atoms with Crippen molar-refractivity contribution >= 4 is 28.7 Å². The highest BCUT2D eigenvalue weighted by molar-refractivity contribution is 8.00. The molecule has 0 radical (unpaired) electrons. The first-order valence-electron chi connectivity index (χ1n) is 8.17. The minimum Gasteiger partial charge on any atom is -0.383 e. The van der Waals surface area contributed by atoms with Crippen molar-refractivity contribution in [2.24, 2.45) is 7.05 Å². The maximum absolute atomic E-state index is 12.8. The number of carbonyl (C=O) groups excluding carboxylic acids is 1. The van der Waals surface area contributed by atoms with Gasteiger partial charge in [-0.2, -0.15) is 5.10 Å². The van der Waals surface area contributed by atoms with E-state index in [2.05, 4.69) is 29.2 Å². The van der Waals surface area contributed by atoms with E-state index in [-0.39, 0.29) is 11.9 Å².